The quantitative estimate of drug-likeness (QED) is 0.472. The molecule has 1 saturated heterocycles. The number of anilines is 1. The number of ether oxygens (including phenoxy) is 2. The van der Waals surface area contributed by atoms with E-state index in [0.29, 0.717) is 63.7 Å². The van der Waals surface area contributed by atoms with Gasteiger partial charge in [-0.3, -0.25) is 14.2 Å². The van der Waals surface area contributed by atoms with E-state index < -0.39 is 5.60 Å². The molecule has 0 spiro atoms. The molecule has 2 aliphatic rings. The van der Waals surface area contributed by atoms with Crippen LogP contribution in [0.3, 0.4) is 0 Å². The van der Waals surface area contributed by atoms with Gasteiger partial charge in [0.15, 0.2) is 11.5 Å². The van der Waals surface area contributed by atoms with Gasteiger partial charge in [0, 0.05) is 32.1 Å². The lowest BCUT2D eigenvalue weighted by molar-refractivity contribution is -0.136. The van der Waals surface area contributed by atoms with E-state index >= 15 is 0 Å². The molecule has 2 aromatic carbocycles. The van der Waals surface area contributed by atoms with Crippen molar-refractivity contribution in [2.45, 2.75) is 50.8 Å². The predicted molar refractivity (Wildman–Crippen MR) is 143 cm³/mol. The summed E-state index contributed by atoms with van der Waals surface area (Å²) in [6, 6.07) is 17.2. The van der Waals surface area contributed by atoms with Gasteiger partial charge in [0.2, 0.25) is 5.91 Å². The summed E-state index contributed by atoms with van der Waals surface area (Å²) in [6.07, 6.45) is 2.72. The molecule has 0 saturated carbocycles. The molecular formula is C29H34N4O5. The van der Waals surface area contributed by atoms with Crippen molar-refractivity contribution in [1.29, 1.82) is 0 Å². The Morgan fingerprint density at radius 1 is 1.08 bits per heavy atom. The first-order valence-corrected chi connectivity index (χ1v) is 13.1. The van der Waals surface area contributed by atoms with Gasteiger partial charge in [-0.1, -0.05) is 43.3 Å². The fourth-order valence-corrected chi connectivity index (χ4v) is 4.97. The Kier molecular flexibility index (Phi) is 7.64. The summed E-state index contributed by atoms with van der Waals surface area (Å²) >= 11 is 0. The summed E-state index contributed by atoms with van der Waals surface area (Å²) in [5.74, 6) is 2.13. The number of likely N-dealkylation sites (tertiary alicyclic amines) is 1. The van der Waals surface area contributed by atoms with Crippen molar-refractivity contribution >= 4 is 11.7 Å². The lowest BCUT2D eigenvalue weighted by Crippen LogP contribution is -2.49. The SMILES string of the molecule is C[C@H](CC(=O)N1CCC(O)(Cn2cnc(NCc3ccc4c(c3)OCCO4)cc2=O)CC1)c1ccccc1. The minimum atomic E-state index is -1.06. The molecule has 2 aliphatic heterocycles. The molecule has 5 rings (SSSR count). The maximum atomic E-state index is 12.8. The maximum absolute atomic E-state index is 12.8. The number of hydrogen-bond acceptors (Lipinski definition) is 7. The number of amides is 1. The van der Waals surface area contributed by atoms with Crippen molar-refractivity contribution in [3.8, 4) is 11.5 Å². The molecule has 9 nitrogen and oxygen atoms in total. The van der Waals surface area contributed by atoms with Crippen LogP contribution < -0.4 is 20.3 Å². The Labute approximate surface area is 222 Å². The molecule has 9 heteroatoms. The molecule has 1 fully saturated rings. The number of benzene rings is 2. The van der Waals surface area contributed by atoms with Crippen LogP contribution in [0.25, 0.3) is 0 Å². The van der Waals surface area contributed by atoms with Crippen molar-refractivity contribution in [2.24, 2.45) is 0 Å². The molecule has 1 aromatic heterocycles. The van der Waals surface area contributed by atoms with Crippen LogP contribution in [0.4, 0.5) is 5.82 Å². The standard InChI is InChI=1S/C29H34N4O5/c1-21(23-5-3-2-4-6-23)15-27(34)32-11-9-29(36,10-12-32)19-33-20-31-26(17-28(33)35)30-18-22-7-8-24-25(16-22)38-14-13-37-24/h2-8,16-17,20-21,30,36H,9-15,18-19H2,1H3/t21-/m1/s1. The zero-order chi connectivity index (χ0) is 26.5. The van der Waals surface area contributed by atoms with Crippen LogP contribution in [0.2, 0.25) is 0 Å². The van der Waals surface area contributed by atoms with Crippen LogP contribution in [0.1, 0.15) is 43.2 Å². The highest BCUT2D eigenvalue weighted by Gasteiger charge is 2.34. The third-order valence-corrected chi connectivity index (χ3v) is 7.32. The van der Waals surface area contributed by atoms with Crippen molar-refractivity contribution in [2.75, 3.05) is 31.6 Å². The molecule has 1 amide bonds. The maximum Gasteiger partial charge on any atom is 0.255 e. The van der Waals surface area contributed by atoms with E-state index in [-0.39, 0.29) is 23.9 Å². The van der Waals surface area contributed by atoms with Crippen LogP contribution in [0, 0.1) is 0 Å². The fraction of sp³-hybridized carbons (Fsp3) is 0.414. The summed E-state index contributed by atoms with van der Waals surface area (Å²) in [5.41, 5.74) is 0.820. The second-order valence-corrected chi connectivity index (χ2v) is 10.2. The molecule has 0 bridgehead atoms. The van der Waals surface area contributed by atoms with Crippen LogP contribution in [0.15, 0.2) is 65.7 Å². The molecule has 0 unspecified atom stereocenters. The number of rotatable bonds is 8. The molecule has 38 heavy (non-hydrogen) atoms. The van der Waals surface area contributed by atoms with Crippen molar-refractivity contribution in [3.63, 3.8) is 0 Å². The second kappa shape index (κ2) is 11.3. The van der Waals surface area contributed by atoms with Gasteiger partial charge in [0.05, 0.1) is 18.5 Å². The smallest absolute Gasteiger partial charge is 0.255 e. The van der Waals surface area contributed by atoms with E-state index in [1.807, 2.05) is 53.4 Å². The summed E-state index contributed by atoms with van der Waals surface area (Å²) in [5, 5.41) is 14.3. The number of carbonyl (C=O) groups is 1. The minimum Gasteiger partial charge on any atom is -0.486 e. The first-order chi connectivity index (χ1) is 18.4. The zero-order valence-corrected chi connectivity index (χ0v) is 21.6. The van der Waals surface area contributed by atoms with E-state index in [1.165, 1.54) is 17.0 Å². The van der Waals surface area contributed by atoms with E-state index in [4.69, 9.17) is 9.47 Å². The topological polar surface area (TPSA) is 106 Å². The van der Waals surface area contributed by atoms with E-state index in [2.05, 4.69) is 17.2 Å². The van der Waals surface area contributed by atoms with Crippen LogP contribution >= 0.6 is 0 Å². The number of nitrogens with one attached hydrogen (secondary N) is 1. The highest BCUT2D eigenvalue weighted by Crippen LogP contribution is 2.31. The summed E-state index contributed by atoms with van der Waals surface area (Å²) in [6.45, 7) is 4.68. The van der Waals surface area contributed by atoms with Gasteiger partial charge in [-0.2, -0.15) is 0 Å². The molecule has 0 aliphatic carbocycles. The van der Waals surface area contributed by atoms with Crippen molar-refractivity contribution < 1.29 is 19.4 Å². The Bertz CT molecular complexity index is 1320. The van der Waals surface area contributed by atoms with Crippen LogP contribution in [-0.2, 0) is 17.9 Å². The zero-order valence-electron chi connectivity index (χ0n) is 21.6. The average molecular weight is 519 g/mol. The normalized spacial score (nSPS) is 17.1. The second-order valence-electron chi connectivity index (χ2n) is 10.2. The fourth-order valence-electron chi connectivity index (χ4n) is 4.97. The Hall–Kier alpha value is -3.85. The molecule has 200 valence electrons. The first-order valence-electron chi connectivity index (χ1n) is 13.1. The van der Waals surface area contributed by atoms with E-state index in [0.717, 1.165) is 16.9 Å². The lowest BCUT2D eigenvalue weighted by atomic mass is 9.90. The number of aromatic nitrogens is 2. The van der Waals surface area contributed by atoms with Gasteiger partial charge in [-0.15, -0.1) is 0 Å². The average Bonchev–Trinajstić information content (AvgIpc) is 2.94. The first kappa shape index (κ1) is 25.8. The van der Waals surface area contributed by atoms with E-state index in [1.54, 1.807) is 0 Å². The van der Waals surface area contributed by atoms with Crippen LogP contribution in [0.5, 0.6) is 11.5 Å². The molecule has 3 heterocycles. The Morgan fingerprint density at radius 3 is 2.55 bits per heavy atom. The monoisotopic (exact) mass is 518 g/mol. The van der Waals surface area contributed by atoms with Crippen molar-refractivity contribution in [3.05, 3.63) is 82.4 Å². The molecular weight excluding hydrogens is 484 g/mol. The highest BCUT2D eigenvalue weighted by atomic mass is 16.6. The number of carbonyl (C=O) groups excluding carboxylic acids is 1. The predicted octanol–water partition coefficient (Wildman–Crippen LogP) is 3.17. The molecule has 3 aromatic rings. The van der Waals surface area contributed by atoms with Crippen LogP contribution in [-0.4, -0.2) is 57.4 Å². The number of fused-ring (bicyclic) bond motifs is 1. The number of piperidine rings is 1. The minimum absolute atomic E-state index is 0.0932. The molecule has 0 radical (unpaired) electrons. The highest BCUT2D eigenvalue weighted by molar-refractivity contribution is 5.77. The number of nitrogens with zero attached hydrogens (tertiary/aromatic N) is 3. The van der Waals surface area contributed by atoms with Gasteiger partial charge < -0.3 is 24.8 Å². The van der Waals surface area contributed by atoms with Gasteiger partial charge in [-0.25, -0.2) is 4.98 Å². The summed E-state index contributed by atoms with van der Waals surface area (Å²) in [4.78, 5) is 31.8. The third kappa shape index (κ3) is 6.16. The molecule has 1 atom stereocenters. The van der Waals surface area contributed by atoms with Gasteiger partial charge in [0.1, 0.15) is 19.0 Å². The molecule has 2 N–H and O–H groups in total. The van der Waals surface area contributed by atoms with Gasteiger partial charge in [0.25, 0.3) is 5.56 Å². The van der Waals surface area contributed by atoms with Gasteiger partial charge >= 0.3 is 0 Å². The largest absolute Gasteiger partial charge is 0.486 e. The lowest BCUT2D eigenvalue weighted by Gasteiger charge is -2.38. The number of hydrogen-bond donors (Lipinski definition) is 2. The summed E-state index contributed by atoms with van der Waals surface area (Å²) < 4.78 is 12.6. The van der Waals surface area contributed by atoms with Crippen molar-refractivity contribution in [1.82, 2.24) is 14.5 Å². The third-order valence-electron chi connectivity index (χ3n) is 7.32. The summed E-state index contributed by atoms with van der Waals surface area (Å²) in [7, 11) is 0. The van der Waals surface area contributed by atoms with E-state index in [9.17, 15) is 14.7 Å². The Morgan fingerprint density at radius 2 is 1.82 bits per heavy atom. The Balaban J connectivity index is 1.12. The number of aliphatic hydroxyl groups is 1. The van der Waals surface area contributed by atoms with Gasteiger partial charge in [-0.05, 0) is 42.0 Å².